The summed E-state index contributed by atoms with van der Waals surface area (Å²) in [5.41, 5.74) is 0.293. The predicted molar refractivity (Wildman–Crippen MR) is 73.5 cm³/mol. The highest BCUT2D eigenvalue weighted by molar-refractivity contribution is 6.10. The normalized spacial score (nSPS) is 13.4. The number of rotatable bonds is 4. The fraction of sp³-hybridized carbons (Fsp3) is 0.500. The average Bonchev–Trinajstić information content (AvgIpc) is 2.29. The largest absolute Gasteiger partial charge is 0.298 e. The fourth-order valence-electron chi connectivity index (χ4n) is 1.86. The van der Waals surface area contributed by atoms with Crippen molar-refractivity contribution in [2.75, 3.05) is 0 Å². The van der Waals surface area contributed by atoms with Gasteiger partial charge < -0.3 is 0 Å². The van der Waals surface area contributed by atoms with Crippen LogP contribution in [0.15, 0.2) is 30.3 Å². The smallest absolute Gasteiger partial charge is 0.153 e. The van der Waals surface area contributed by atoms with E-state index in [1.807, 2.05) is 65.0 Å². The average molecular weight is 246 g/mol. The van der Waals surface area contributed by atoms with E-state index in [9.17, 15) is 9.59 Å². The summed E-state index contributed by atoms with van der Waals surface area (Å²) in [6.45, 7) is 9.26. The molecule has 0 saturated carbocycles. The summed E-state index contributed by atoms with van der Waals surface area (Å²) < 4.78 is 0. The number of carbonyl (C=O) groups is 2. The minimum Gasteiger partial charge on any atom is -0.298 e. The molecule has 0 amide bonds. The van der Waals surface area contributed by atoms with Crippen LogP contribution in [0.4, 0.5) is 0 Å². The molecule has 0 bridgehead atoms. The van der Waals surface area contributed by atoms with E-state index in [1.54, 1.807) is 0 Å². The first-order valence-electron chi connectivity index (χ1n) is 6.38. The lowest BCUT2D eigenvalue weighted by atomic mass is 9.76. The molecule has 98 valence electrons. The molecule has 1 aromatic rings. The van der Waals surface area contributed by atoms with Gasteiger partial charge in [-0.05, 0) is 5.56 Å². The lowest BCUT2D eigenvalue weighted by Gasteiger charge is -2.25. The Hall–Kier alpha value is -1.44. The van der Waals surface area contributed by atoms with Crippen LogP contribution < -0.4 is 0 Å². The molecule has 1 rings (SSSR count). The molecule has 0 aliphatic rings. The van der Waals surface area contributed by atoms with E-state index in [0.29, 0.717) is 0 Å². The second kappa shape index (κ2) is 5.47. The van der Waals surface area contributed by atoms with Gasteiger partial charge in [0.05, 0.1) is 0 Å². The zero-order valence-electron chi connectivity index (χ0n) is 11.9. The summed E-state index contributed by atoms with van der Waals surface area (Å²) in [6.07, 6.45) is 0. The quantitative estimate of drug-likeness (QED) is 0.760. The van der Waals surface area contributed by atoms with Gasteiger partial charge in [0.1, 0.15) is 11.7 Å². The molecule has 1 atom stereocenters. The van der Waals surface area contributed by atoms with Crippen LogP contribution in [-0.2, 0) is 9.59 Å². The van der Waals surface area contributed by atoms with Crippen LogP contribution >= 0.6 is 0 Å². The van der Waals surface area contributed by atoms with Gasteiger partial charge in [0.2, 0.25) is 0 Å². The number of carbonyl (C=O) groups excluding carboxylic acids is 2. The first-order chi connectivity index (χ1) is 8.25. The minimum atomic E-state index is -0.633. The maximum atomic E-state index is 12.5. The van der Waals surface area contributed by atoms with Gasteiger partial charge in [-0.2, -0.15) is 0 Å². The van der Waals surface area contributed by atoms with Crippen LogP contribution in [-0.4, -0.2) is 11.6 Å². The van der Waals surface area contributed by atoms with Gasteiger partial charge in [0.15, 0.2) is 5.78 Å². The number of benzene rings is 1. The standard InChI is InChI=1S/C16H22O2/c1-11(2)14(17)13(15(18)16(3,4)5)12-9-7-6-8-10-12/h6-11,13H,1-5H3. The predicted octanol–water partition coefficient (Wildman–Crippen LogP) is 3.61. The Balaban J connectivity index is 3.20. The molecule has 0 N–H and O–H groups in total. The van der Waals surface area contributed by atoms with Crippen molar-refractivity contribution in [3.8, 4) is 0 Å². The molecular formula is C16H22O2. The van der Waals surface area contributed by atoms with E-state index in [-0.39, 0.29) is 17.5 Å². The Morgan fingerprint density at radius 3 is 1.89 bits per heavy atom. The first kappa shape index (κ1) is 14.6. The second-order valence-corrected chi connectivity index (χ2v) is 6.02. The zero-order valence-corrected chi connectivity index (χ0v) is 11.9. The number of hydrogen-bond donors (Lipinski definition) is 0. The van der Waals surface area contributed by atoms with Gasteiger partial charge >= 0.3 is 0 Å². The lowest BCUT2D eigenvalue weighted by Crippen LogP contribution is -2.33. The summed E-state index contributed by atoms with van der Waals surface area (Å²) >= 11 is 0. The number of Topliss-reactive ketones (excluding diaryl/α,β-unsaturated/α-hetero) is 2. The third-order valence-electron chi connectivity index (χ3n) is 2.99. The summed E-state index contributed by atoms with van der Waals surface area (Å²) in [5, 5.41) is 0. The van der Waals surface area contributed by atoms with Gasteiger partial charge in [-0.15, -0.1) is 0 Å². The molecule has 2 nitrogen and oxygen atoms in total. The van der Waals surface area contributed by atoms with Gasteiger partial charge in [0, 0.05) is 11.3 Å². The highest BCUT2D eigenvalue weighted by Gasteiger charge is 2.36. The number of ketones is 2. The van der Waals surface area contributed by atoms with Crippen LogP contribution in [0.2, 0.25) is 0 Å². The molecule has 0 aliphatic carbocycles. The summed E-state index contributed by atoms with van der Waals surface area (Å²) in [6, 6.07) is 9.34. The summed E-state index contributed by atoms with van der Waals surface area (Å²) in [4.78, 5) is 24.8. The van der Waals surface area contributed by atoms with Gasteiger partial charge in [0.25, 0.3) is 0 Å². The Morgan fingerprint density at radius 1 is 1.00 bits per heavy atom. The molecule has 1 aromatic carbocycles. The maximum Gasteiger partial charge on any atom is 0.153 e. The molecule has 0 heterocycles. The zero-order chi connectivity index (χ0) is 13.9. The highest BCUT2D eigenvalue weighted by Crippen LogP contribution is 2.30. The van der Waals surface area contributed by atoms with E-state index in [0.717, 1.165) is 5.56 Å². The van der Waals surface area contributed by atoms with Crippen molar-refractivity contribution in [2.24, 2.45) is 11.3 Å². The van der Waals surface area contributed by atoms with Crippen molar-refractivity contribution in [3.05, 3.63) is 35.9 Å². The molecule has 0 aromatic heterocycles. The summed E-state index contributed by atoms with van der Waals surface area (Å²) in [5.74, 6) is -0.777. The van der Waals surface area contributed by atoms with Gasteiger partial charge in [-0.1, -0.05) is 65.0 Å². The van der Waals surface area contributed by atoms with Crippen molar-refractivity contribution >= 4 is 11.6 Å². The van der Waals surface area contributed by atoms with E-state index in [2.05, 4.69) is 0 Å². The van der Waals surface area contributed by atoms with E-state index in [4.69, 9.17) is 0 Å². The first-order valence-corrected chi connectivity index (χ1v) is 6.38. The third kappa shape index (κ3) is 3.28. The van der Waals surface area contributed by atoms with E-state index < -0.39 is 11.3 Å². The second-order valence-electron chi connectivity index (χ2n) is 6.02. The van der Waals surface area contributed by atoms with Crippen molar-refractivity contribution in [3.63, 3.8) is 0 Å². The fourth-order valence-corrected chi connectivity index (χ4v) is 1.86. The molecular weight excluding hydrogens is 224 g/mol. The molecule has 2 heteroatoms. The Kier molecular flexibility index (Phi) is 4.44. The Labute approximate surface area is 109 Å². The maximum absolute atomic E-state index is 12.5. The topological polar surface area (TPSA) is 34.1 Å². The van der Waals surface area contributed by atoms with Crippen LogP contribution in [0.5, 0.6) is 0 Å². The molecule has 0 spiro atoms. The third-order valence-corrected chi connectivity index (χ3v) is 2.99. The lowest BCUT2D eigenvalue weighted by molar-refractivity contribution is -0.135. The molecule has 0 saturated heterocycles. The monoisotopic (exact) mass is 246 g/mol. The Bertz CT molecular complexity index is 424. The summed E-state index contributed by atoms with van der Waals surface area (Å²) in [7, 11) is 0. The van der Waals surface area contributed by atoms with E-state index in [1.165, 1.54) is 0 Å². The molecule has 0 aliphatic heterocycles. The van der Waals surface area contributed by atoms with Crippen LogP contribution in [0.1, 0.15) is 46.1 Å². The minimum absolute atomic E-state index is 0.00104. The van der Waals surface area contributed by atoms with Crippen LogP contribution in [0.25, 0.3) is 0 Å². The van der Waals surface area contributed by atoms with Crippen LogP contribution in [0.3, 0.4) is 0 Å². The van der Waals surface area contributed by atoms with Crippen molar-refractivity contribution < 1.29 is 9.59 Å². The molecule has 18 heavy (non-hydrogen) atoms. The van der Waals surface area contributed by atoms with Crippen molar-refractivity contribution in [1.82, 2.24) is 0 Å². The van der Waals surface area contributed by atoms with Crippen molar-refractivity contribution in [1.29, 1.82) is 0 Å². The molecule has 0 radical (unpaired) electrons. The molecule has 1 unspecified atom stereocenters. The molecule has 0 fully saturated rings. The Morgan fingerprint density at radius 2 is 1.50 bits per heavy atom. The van der Waals surface area contributed by atoms with Gasteiger partial charge in [-0.25, -0.2) is 0 Å². The highest BCUT2D eigenvalue weighted by atomic mass is 16.2. The van der Waals surface area contributed by atoms with Crippen molar-refractivity contribution in [2.45, 2.75) is 40.5 Å². The van der Waals surface area contributed by atoms with E-state index >= 15 is 0 Å². The van der Waals surface area contributed by atoms with Gasteiger partial charge in [-0.3, -0.25) is 9.59 Å². The SMILES string of the molecule is CC(C)C(=O)C(C(=O)C(C)(C)C)c1ccccc1. The number of hydrogen-bond acceptors (Lipinski definition) is 2. The van der Waals surface area contributed by atoms with Crippen LogP contribution in [0, 0.1) is 11.3 Å².